The topological polar surface area (TPSA) is 139 Å². The van der Waals surface area contributed by atoms with E-state index < -0.39 is 0 Å². The number of hydrogen-bond acceptors (Lipinski definition) is 4. The van der Waals surface area contributed by atoms with E-state index in [-0.39, 0.29) is 43.0 Å². The molecule has 0 aromatic carbocycles. The molecule has 4 rings (SSSR count). The minimum Gasteiger partial charge on any atom is -0.412 e. The molecule has 4 fully saturated rings. The van der Waals surface area contributed by atoms with Crippen molar-refractivity contribution in [2.45, 2.75) is 0 Å². The Morgan fingerprint density at radius 3 is 0.667 bits per heavy atom. The second-order valence-electron chi connectivity index (χ2n) is 3.53. The first-order chi connectivity index (χ1) is 4.90. The van der Waals surface area contributed by atoms with Gasteiger partial charge in [-0.1, -0.05) is 0 Å². The van der Waals surface area contributed by atoms with Crippen molar-refractivity contribution in [2.75, 3.05) is 40.0 Å². The molecule has 0 aliphatic carbocycles. The molecule has 0 aromatic rings. The monoisotopic (exact) mass is 407 g/mol. The molecule has 4 heterocycles. The summed E-state index contributed by atoms with van der Waals surface area (Å²) in [6, 6.07) is 0. The fourth-order valence-electron chi connectivity index (χ4n) is 2.23. The Morgan fingerprint density at radius 2 is 0.533 bits per heavy atom. The van der Waals surface area contributed by atoms with Gasteiger partial charge in [-0.2, -0.15) is 0 Å². The van der Waals surface area contributed by atoms with Crippen molar-refractivity contribution in [1.82, 2.24) is 19.6 Å². The van der Waals surface area contributed by atoms with Crippen molar-refractivity contribution < 1.29 is 43.0 Å². The number of rotatable bonds is 0. The second kappa shape index (κ2) is 7.61. The van der Waals surface area contributed by atoms with Crippen LogP contribution in [-0.4, -0.2) is 81.5 Å². The van der Waals surface area contributed by atoms with E-state index in [1.807, 2.05) is 0 Å². The van der Waals surface area contributed by atoms with Gasteiger partial charge in [0.2, 0.25) is 0 Å². The molecule has 0 unspecified atom stereocenters. The quantitative estimate of drug-likeness (QED) is 0.401. The van der Waals surface area contributed by atoms with Gasteiger partial charge in [0, 0.05) is 21.1 Å². The van der Waals surface area contributed by atoms with E-state index in [1.54, 1.807) is 0 Å². The Kier molecular flexibility index (Phi) is 10.5. The van der Waals surface area contributed by atoms with Gasteiger partial charge in [0.05, 0.1) is 40.0 Å². The minimum atomic E-state index is 0. The van der Waals surface area contributed by atoms with Crippen LogP contribution < -0.4 is 0 Å². The first-order valence-corrected chi connectivity index (χ1v) is 3.79. The fourth-order valence-corrected chi connectivity index (χ4v) is 2.23. The predicted molar refractivity (Wildman–Crippen MR) is 51.0 cm³/mol. The molecule has 4 aliphatic rings. The maximum Gasteiger partial charge on any atom is 0.0555 e. The molecule has 4 bridgehead atoms. The van der Waals surface area contributed by atoms with Gasteiger partial charge in [-0.05, 0) is 0 Å². The van der Waals surface area contributed by atoms with Gasteiger partial charge < -0.3 is 21.9 Å². The molecule has 8 N–H and O–H groups in total. The van der Waals surface area contributed by atoms with Gasteiger partial charge in [-0.3, -0.25) is 19.6 Å². The van der Waals surface area contributed by atoms with Crippen molar-refractivity contribution in [2.24, 2.45) is 0 Å². The molecule has 4 aliphatic heterocycles. The third kappa shape index (κ3) is 3.70. The largest absolute Gasteiger partial charge is 0.412 e. The van der Waals surface area contributed by atoms with E-state index in [9.17, 15) is 0 Å². The van der Waals surface area contributed by atoms with Gasteiger partial charge in [-0.25, -0.2) is 0 Å². The Hall–Kier alpha value is 0.368. The molecule has 9 heteroatoms. The second-order valence-corrected chi connectivity index (χ2v) is 3.53. The Balaban J connectivity index is -0.000000288. The van der Waals surface area contributed by atoms with E-state index in [4.69, 9.17) is 0 Å². The first kappa shape index (κ1) is 20.7. The molecule has 0 aromatic heterocycles. The standard InChI is InChI=1S/C6H12N4.4H2O.Pt/c1-7-2-9-4-8(1)5-10(3-7)6-9;;;;;/h1-6H2;4*1H2;. The third-order valence-electron chi connectivity index (χ3n) is 2.40. The summed E-state index contributed by atoms with van der Waals surface area (Å²) in [5, 5.41) is 0. The average molecular weight is 407 g/mol. The normalized spacial score (nSPS) is 38.4. The van der Waals surface area contributed by atoms with E-state index in [0.717, 1.165) is 0 Å². The summed E-state index contributed by atoms with van der Waals surface area (Å²) in [5.74, 6) is 0. The summed E-state index contributed by atoms with van der Waals surface area (Å²) in [6.07, 6.45) is 0. The van der Waals surface area contributed by atoms with Crippen LogP contribution in [0.25, 0.3) is 0 Å². The van der Waals surface area contributed by atoms with Crippen LogP contribution in [0.3, 0.4) is 0 Å². The zero-order chi connectivity index (χ0) is 6.55. The van der Waals surface area contributed by atoms with Crippen LogP contribution in [0.5, 0.6) is 0 Å². The van der Waals surface area contributed by atoms with Crippen LogP contribution in [0.2, 0.25) is 0 Å². The molecule has 0 spiro atoms. The molecular formula is C6H20N4O4Pt. The molecule has 0 saturated carbocycles. The van der Waals surface area contributed by atoms with Crippen molar-refractivity contribution >= 4 is 0 Å². The molecule has 15 heavy (non-hydrogen) atoms. The van der Waals surface area contributed by atoms with E-state index in [0.29, 0.717) is 0 Å². The summed E-state index contributed by atoms with van der Waals surface area (Å²) in [5.41, 5.74) is 0. The average Bonchev–Trinajstić information content (AvgIpc) is 1.82. The van der Waals surface area contributed by atoms with Gasteiger partial charge in [0.1, 0.15) is 0 Å². The van der Waals surface area contributed by atoms with Crippen LogP contribution in [-0.2, 0) is 21.1 Å². The van der Waals surface area contributed by atoms with Crippen molar-refractivity contribution in [3.63, 3.8) is 0 Å². The third-order valence-corrected chi connectivity index (χ3v) is 2.40. The molecule has 0 atom stereocenters. The van der Waals surface area contributed by atoms with Gasteiger partial charge in [-0.15, -0.1) is 0 Å². The zero-order valence-electron chi connectivity index (χ0n) is 8.35. The molecular weight excluding hydrogens is 387 g/mol. The van der Waals surface area contributed by atoms with E-state index in [2.05, 4.69) is 19.6 Å². The zero-order valence-corrected chi connectivity index (χ0v) is 10.6. The molecule has 8 nitrogen and oxygen atoms in total. The van der Waals surface area contributed by atoms with Crippen molar-refractivity contribution in [1.29, 1.82) is 0 Å². The molecule has 0 radical (unpaired) electrons. The van der Waals surface area contributed by atoms with E-state index in [1.165, 1.54) is 40.0 Å². The molecule has 98 valence electrons. The Bertz CT molecular complexity index is 119. The summed E-state index contributed by atoms with van der Waals surface area (Å²) in [4.78, 5) is 9.88. The summed E-state index contributed by atoms with van der Waals surface area (Å²) in [7, 11) is 0. The summed E-state index contributed by atoms with van der Waals surface area (Å²) in [6.45, 7) is 7.12. The van der Waals surface area contributed by atoms with Crippen LogP contribution in [0.15, 0.2) is 0 Å². The Morgan fingerprint density at radius 1 is 0.400 bits per heavy atom. The number of nitrogens with zero attached hydrogens (tertiary/aromatic N) is 4. The minimum absolute atomic E-state index is 0. The Labute approximate surface area is 103 Å². The van der Waals surface area contributed by atoms with Crippen LogP contribution >= 0.6 is 0 Å². The molecule has 0 amide bonds. The number of hydrogen-bond donors (Lipinski definition) is 0. The predicted octanol–water partition coefficient (Wildman–Crippen LogP) is -4.32. The van der Waals surface area contributed by atoms with Gasteiger partial charge in [0.15, 0.2) is 0 Å². The van der Waals surface area contributed by atoms with Crippen LogP contribution in [0.1, 0.15) is 0 Å². The van der Waals surface area contributed by atoms with Crippen LogP contribution in [0.4, 0.5) is 0 Å². The SMILES string of the molecule is C1N2CN3CN1CN(C2)C3.O.O.O.O.[Pt]. The summed E-state index contributed by atoms with van der Waals surface area (Å²) < 4.78 is 0. The van der Waals surface area contributed by atoms with E-state index >= 15 is 0 Å². The van der Waals surface area contributed by atoms with Gasteiger partial charge in [0.25, 0.3) is 0 Å². The fraction of sp³-hybridized carbons (Fsp3) is 1.00. The van der Waals surface area contributed by atoms with Crippen molar-refractivity contribution in [3.05, 3.63) is 0 Å². The van der Waals surface area contributed by atoms with Crippen molar-refractivity contribution in [3.8, 4) is 0 Å². The van der Waals surface area contributed by atoms with Gasteiger partial charge >= 0.3 is 0 Å². The van der Waals surface area contributed by atoms with Crippen LogP contribution in [0, 0.1) is 0 Å². The maximum absolute atomic E-state index is 2.47. The first-order valence-electron chi connectivity index (χ1n) is 3.79. The summed E-state index contributed by atoms with van der Waals surface area (Å²) >= 11 is 0. The smallest absolute Gasteiger partial charge is 0.0555 e. The maximum atomic E-state index is 2.47. The molecule has 4 saturated heterocycles.